The Bertz CT molecular complexity index is 554. The summed E-state index contributed by atoms with van der Waals surface area (Å²) in [6, 6.07) is 10.4. The second-order valence-electron chi connectivity index (χ2n) is 5.03. The predicted molar refractivity (Wildman–Crippen MR) is 85.2 cm³/mol. The van der Waals surface area contributed by atoms with E-state index in [9.17, 15) is 0 Å². The molecule has 0 bridgehead atoms. The van der Waals surface area contributed by atoms with Crippen molar-refractivity contribution in [3.8, 4) is 0 Å². The molecular weight excluding hydrogens is 268 g/mol. The molecule has 3 heteroatoms. The fraction of sp³-hybridized carbons (Fsp3) is 0.353. The summed E-state index contributed by atoms with van der Waals surface area (Å²) in [5, 5.41) is 4.45. The van der Waals surface area contributed by atoms with Crippen LogP contribution < -0.4 is 5.32 Å². The van der Waals surface area contributed by atoms with Gasteiger partial charge in [-0.1, -0.05) is 36.7 Å². The highest BCUT2D eigenvalue weighted by atomic mass is 35.5. The van der Waals surface area contributed by atoms with E-state index in [-0.39, 0.29) is 6.04 Å². The first kappa shape index (κ1) is 15.0. The van der Waals surface area contributed by atoms with Gasteiger partial charge < -0.3 is 5.32 Å². The molecule has 1 aromatic heterocycles. The van der Waals surface area contributed by atoms with Crippen LogP contribution in [0.25, 0.3) is 0 Å². The molecule has 0 amide bonds. The monoisotopic (exact) mass is 288 g/mol. The van der Waals surface area contributed by atoms with Gasteiger partial charge in [0.25, 0.3) is 0 Å². The summed E-state index contributed by atoms with van der Waals surface area (Å²) < 4.78 is 0. The molecule has 20 heavy (non-hydrogen) atoms. The Morgan fingerprint density at radius 1 is 1.25 bits per heavy atom. The minimum atomic E-state index is 0.276. The van der Waals surface area contributed by atoms with Crippen molar-refractivity contribution in [1.82, 2.24) is 10.3 Å². The number of nitrogens with zero attached hydrogens (tertiary/aromatic N) is 1. The van der Waals surface area contributed by atoms with E-state index in [4.69, 9.17) is 11.6 Å². The molecule has 0 fully saturated rings. The lowest BCUT2D eigenvalue weighted by Crippen LogP contribution is -2.25. The quantitative estimate of drug-likeness (QED) is 0.856. The second-order valence-corrected chi connectivity index (χ2v) is 5.44. The van der Waals surface area contributed by atoms with Crippen molar-refractivity contribution in [2.45, 2.75) is 32.7 Å². The van der Waals surface area contributed by atoms with E-state index in [1.807, 2.05) is 30.6 Å². The van der Waals surface area contributed by atoms with Crippen molar-refractivity contribution in [1.29, 1.82) is 0 Å². The van der Waals surface area contributed by atoms with Gasteiger partial charge in [-0.25, -0.2) is 0 Å². The summed E-state index contributed by atoms with van der Waals surface area (Å²) in [6.07, 6.45) is 5.78. The number of aromatic nitrogens is 1. The topological polar surface area (TPSA) is 24.9 Å². The third-order valence-corrected chi connectivity index (χ3v) is 3.83. The zero-order valence-corrected chi connectivity index (χ0v) is 12.8. The number of pyridine rings is 1. The number of aryl methyl sites for hydroxylation is 1. The van der Waals surface area contributed by atoms with E-state index in [0.717, 1.165) is 24.4 Å². The number of nitrogens with one attached hydrogen (secondary N) is 1. The molecule has 0 saturated heterocycles. The van der Waals surface area contributed by atoms with Crippen molar-refractivity contribution >= 4 is 11.6 Å². The van der Waals surface area contributed by atoms with Crippen LogP contribution in [0.2, 0.25) is 5.02 Å². The maximum Gasteiger partial charge on any atom is 0.0438 e. The normalized spacial score (nSPS) is 12.3. The molecule has 2 nitrogen and oxygen atoms in total. The van der Waals surface area contributed by atoms with E-state index in [2.05, 4.69) is 36.3 Å². The number of halogens is 1. The molecule has 0 saturated carbocycles. The second kappa shape index (κ2) is 7.41. The molecule has 0 aliphatic heterocycles. The smallest absolute Gasteiger partial charge is 0.0438 e. The highest BCUT2D eigenvalue weighted by Crippen LogP contribution is 2.25. The van der Waals surface area contributed by atoms with E-state index >= 15 is 0 Å². The minimum absolute atomic E-state index is 0.276. The zero-order valence-electron chi connectivity index (χ0n) is 12.1. The average Bonchev–Trinajstić information content (AvgIpc) is 2.46. The lowest BCUT2D eigenvalue weighted by atomic mass is 9.96. The Labute approximate surface area is 126 Å². The first-order valence-corrected chi connectivity index (χ1v) is 7.47. The third kappa shape index (κ3) is 3.81. The molecule has 2 rings (SSSR count). The molecule has 2 aromatic rings. The highest BCUT2D eigenvalue weighted by molar-refractivity contribution is 6.31. The van der Waals surface area contributed by atoms with Gasteiger partial charge in [0.2, 0.25) is 0 Å². The minimum Gasteiger partial charge on any atom is -0.310 e. The Hall–Kier alpha value is -1.38. The maximum atomic E-state index is 6.29. The Balaban J connectivity index is 2.24. The first-order chi connectivity index (χ1) is 9.72. The number of hydrogen-bond donors (Lipinski definition) is 1. The lowest BCUT2D eigenvalue weighted by Gasteiger charge is -2.21. The highest BCUT2D eigenvalue weighted by Gasteiger charge is 2.15. The number of rotatable bonds is 6. The Morgan fingerprint density at radius 3 is 2.75 bits per heavy atom. The average molecular weight is 289 g/mol. The van der Waals surface area contributed by atoms with E-state index in [1.54, 1.807) is 0 Å². The molecule has 1 N–H and O–H groups in total. The van der Waals surface area contributed by atoms with Crippen molar-refractivity contribution in [3.05, 3.63) is 64.4 Å². The Kier molecular flexibility index (Phi) is 5.57. The SMILES string of the molecule is CCCNC(Cc1ccccc1Cl)c1ccncc1C. The van der Waals surface area contributed by atoms with Crippen LogP contribution in [-0.2, 0) is 6.42 Å². The van der Waals surface area contributed by atoms with Crippen LogP contribution in [0.1, 0.15) is 36.1 Å². The van der Waals surface area contributed by atoms with Gasteiger partial charge in [-0.2, -0.15) is 0 Å². The predicted octanol–water partition coefficient (Wildman–Crippen LogP) is 4.33. The van der Waals surface area contributed by atoms with Gasteiger partial charge in [-0.15, -0.1) is 0 Å². The van der Waals surface area contributed by atoms with Gasteiger partial charge in [0.05, 0.1) is 0 Å². The van der Waals surface area contributed by atoms with Gasteiger partial charge in [-0.05, 0) is 55.1 Å². The number of benzene rings is 1. The zero-order chi connectivity index (χ0) is 14.4. The molecule has 1 heterocycles. The van der Waals surface area contributed by atoms with Crippen LogP contribution in [0, 0.1) is 6.92 Å². The molecule has 106 valence electrons. The van der Waals surface area contributed by atoms with Crippen LogP contribution in [0.4, 0.5) is 0 Å². The largest absolute Gasteiger partial charge is 0.310 e. The summed E-state index contributed by atoms with van der Waals surface area (Å²) in [7, 11) is 0. The van der Waals surface area contributed by atoms with Crippen LogP contribution in [0.3, 0.4) is 0 Å². The Morgan fingerprint density at radius 2 is 2.05 bits per heavy atom. The molecule has 0 aliphatic carbocycles. The summed E-state index contributed by atoms with van der Waals surface area (Å²) >= 11 is 6.29. The van der Waals surface area contributed by atoms with Gasteiger partial charge in [0.15, 0.2) is 0 Å². The molecule has 1 aromatic carbocycles. The van der Waals surface area contributed by atoms with Crippen LogP contribution >= 0.6 is 11.6 Å². The van der Waals surface area contributed by atoms with E-state index in [1.165, 1.54) is 16.7 Å². The molecule has 0 spiro atoms. The fourth-order valence-corrected chi connectivity index (χ4v) is 2.58. The molecule has 1 unspecified atom stereocenters. The molecule has 0 radical (unpaired) electrons. The fourth-order valence-electron chi connectivity index (χ4n) is 2.37. The van der Waals surface area contributed by atoms with Gasteiger partial charge in [0, 0.05) is 23.5 Å². The van der Waals surface area contributed by atoms with Crippen LogP contribution in [0.5, 0.6) is 0 Å². The lowest BCUT2D eigenvalue weighted by molar-refractivity contribution is 0.526. The van der Waals surface area contributed by atoms with Gasteiger partial charge in [-0.3, -0.25) is 4.98 Å². The van der Waals surface area contributed by atoms with E-state index in [0.29, 0.717) is 0 Å². The third-order valence-electron chi connectivity index (χ3n) is 3.46. The molecule has 1 atom stereocenters. The summed E-state index contributed by atoms with van der Waals surface area (Å²) in [4.78, 5) is 4.18. The van der Waals surface area contributed by atoms with Crippen molar-refractivity contribution < 1.29 is 0 Å². The molecular formula is C17H21ClN2. The number of hydrogen-bond acceptors (Lipinski definition) is 2. The molecule has 0 aliphatic rings. The standard InChI is InChI=1S/C17H21ClN2/c1-3-9-20-17(15-8-10-19-12-13(15)2)11-14-6-4-5-7-16(14)18/h4-8,10,12,17,20H,3,9,11H2,1-2H3. The van der Waals surface area contributed by atoms with Crippen LogP contribution in [-0.4, -0.2) is 11.5 Å². The summed E-state index contributed by atoms with van der Waals surface area (Å²) in [6.45, 7) is 5.28. The van der Waals surface area contributed by atoms with Crippen LogP contribution in [0.15, 0.2) is 42.7 Å². The van der Waals surface area contributed by atoms with Crippen molar-refractivity contribution in [3.63, 3.8) is 0 Å². The first-order valence-electron chi connectivity index (χ1n) is 7.09. The van der Waals surface area contributed by atoms with Gasteiger partial charge >= 0.3 is 0 Å². The van der Waals surface area contributed by atoms with Crippen molar-refractivity contribution in [2.75, 3.05) is 6.54 Å². The van der Waals surface area contributed by atoms with Gasteiger partial charge in [0.1, 0.15) is 0 Å². The summed E-state index contributed by atoms with van der Waals surface area (Å²) in [5.41, 5.74) is 3.69. The maximum absolute atomic E-state index is 6.29. The summed E-state index contributed by atoms with van der Waals surface area (Å²) in [5.74, 6) is 0. The van der Waals surface area contributed by atoms with E-state index < -0.39 is 0 Å². The van der Waals surface area contributed by atoms with Crippen molar-refractivity contribution in [2.24, 2.45) is 0 Å².